The first-order valence-corrected chi connectivity index (χ1v) is 10.9. The second-order valence-corrected chi connectivity index (χ2v) is 8.62. The van der Waals surface area contributed by atoms with Crippen LogP contribution in [0.1, 0.15) is 36.9 Å². The molecule has 31 heavy (non-hydrogen) atoms. The van der Waals surface area contributed by atoms with Gasteiger partial charge in [0.05, 0.1) is 29.5 Å². The molecule has 0 radical (unpaired) electrons. The summed E-state index contributed by atoms with van der Waals surface area (Å²) in [6.07, 6.45) is 6.14. The van der Waals surface area contributed by atoms with Crippen LogP contribution in [0.4, 0.5) is 14.9 Å². The number of anilines is 1. The summed E-state index contributed by atoms with van der Waals surface area (Å²) in [5.74, 6) is -0.103. The number of cyclic esters (lactones) is 1. The van der Waals surface area contributed by atoms with E-state index in [1.165, 1.54) is 11.0 Å². The third-order valence-electron chi connectivity index (χ3n) is 5.78. The van der Waals surface area contributed by atoms with Gasteiger partial charge in [-0.2, -0.15) is 0 Å². The van der Waals surface area contributed by atoms with Gasteiger partial charge in [-0.05, 0) is 56.5 Å². The Morgan fingerprint density at radius 2 is 2.13 bits per heavy atom. The van der Waals surface area contributed by atoms with E-state index in [-0.39, 0.29) is 17.8 Å². The molecule has 7 nitrogen and oxygen atoms in total. The SMILES string of the molecule is CC(=S)NC[C@H]1CN(c2ccc(C3CCN(Cc4cnccn4)CC3)c(F)c2)C(=O)O1. The number of nitrogens with one attached hydrogen (secondary N) is 1. The average molecular weight is 444 g/mol. The number of rotatable bonds is 6. The van der Waals surface area contributed by atoms with E-state index < -0.39 is 6.09 Å². The van der Waals surface area contributed by atoms with Gasteiger partial charge in [-0.15, -0.1) is 0 Å². The number of halogens is 1. The molecule has 0 saturated carbocycles. The van der Waals surface area contributed by atoms with Gasteiger partial charge in [0.1, 0.15) is 11.9 Å². The maximum atomic E-state index is 15.0. The molecule has 0 bridgehead atoms. The van der Waals surface area contributed by atoms with Crippen molar-refractivity contribution in [1.29, 1.82) is 0 Å². The van der Waals surface area contributed by atoms with Gasteiger partial charge in [-0.25, -0.2) is 9.18 Å². The van der Waals surface area contributed by atoms with Crippen LogP contribution in [-0.4, -0.2) is 58.2 Å². The maximum Gasteiger partial charge on any atom is 0.414 e. The summed E-state index contributed by atoms with van der Waals surface area (Å²) in [5, 5.41) is 3.00. The molecule has 2 saturated heterocycles. The van der Waals surface area contributed by atoms with Crippen molar-refractivity contribution in [2.45, 2.75) is 38.3 Å². The molecule has 2 aliphatic rings. The van der Waals surface area contributed by atoms with Crippen molar-refractivity contribution in [2.75, 3.05) is 31.1 Å². The Balaban J connectivity index is 1.35. The summed E-state index contributed by atoms with van der Waals surface area (Å²) in [4.78, 5) is 25.1. The monoisotopic (exact) mass is 443 g/mol. The van der Waals surface area contributed by atoms with Gasteiger partial charge in [-0.3, -0.25) is 19.8 Å². The predicted molar refractivity (Wildman–Crippen MR) is 120 cm³/mol. The van der Waals surface area contributed by atoms with Crippen molar-refractivity contribution in [2.24, 2.45) is 0 Å². The minimum atomic E-state index is -0.460. The van der Waals surface area contributed by atoms with Crippen LogP contribution in [0, 0.1) is 5.82 Å². The number of likely N-dealkylation sites (tertiary alicyclic amines) is 1. The average Bonchev–Trinajstić information content (AvgIpc) is 3.14. The zero-order valence-corrected chi connectivity index (χ0v) is 18.3. The molecule has 0 aliphatic carbocycles. The smallest absolute Gasteiger partial charge is 0.414 e. The number of piperidine rings is 1. The third-order valence-corrected chi connectivity index (χ3v) is 5.92. The van der Waals surface area contributed by atoms with Crippen LogP contribution in [0.2, 0.25) is 0 Å². The number of hydrogen-bond acceptors (Lipinski definition) is 6. The van der Waals surface area contributed by atoms with E-state index >= 15 is 0 Å². The van der Waals surface area contributed by atoms with Crippen LogP contribution in [-0.2, 0) is 11.3 Å². The Morgan fingerprint density at radius 3 is 2.81 bits per heavy atom. The van der Waals surface area contributed by atoms with Gasteiger partial charge in [0.25, 0.3) is 0 Å². The number of thiocarbonyl (C=S) groups is 1. The van der Waals surface area contributed by atoms with Gasteiger partial charge < -0.3 is 10.1 Å². The van der Waals surface area contributed by atoms with E-state index in [1.807, 2.05) is 12.1 Å². The summed E-state index contributed by atoms with van der Waals surface area (Å²) < 4.78 is 20.3. The summed E-state index contributed by atoms with van der Waals surface area (Å²) in [5.41, 5.74) is 2.18. The molecule has 1 aromatic carbocycles. The van der Waals surface area contributed by atoms with Crippen LogP contribution in [0.5, 0.6) is 0 Å². The van der Waals surface area contributed by atoms with E-state index in [9.17, 15) is 9.18 Å². The minimum Gasteiger partial charge on any atom is -0.442 e. The molecule has 2 aromatic rings. The number of ether oxygens (including phenoxy) is 1. The second kappa shape index (κ2) is 9.65. The van der Waals surface area contributed by atoms with Crippen LogP contribution >= 0.6 is 12.2 Å². The third kappa shape index (κ3) is 5.34. The zero-order valence-electron chi connectivity index (χ0n) is 17.5. The highest BCUT2D eigenvalue weighted by atomic mass is 32.1. The molecule has 4 rings (SSSR count). The Morgan fingerprint density at radius 1 is 1.32 bits per heavy atom. The molecule has 1 aromatic heterocycles. The number of carbonyl (C=O) groups is 1. The van der Waals surface area contributed by atoms with Crippen molar-refractivity contribution in [1.82, 2.24) is 20.2 Å². The maximum absolute atomic E-state index is 15.0. The number of amides is 1. The molecule has 9 heteroatoms. The topological polar surface area (TPSA) is 70.6 Å². The number of nitrogens with zero attached hydrogens (tertiary/aromatic N) is 4. The molecular weight excluding hydrogens is 417 g/mol. The highest BCUT2D eigenvalue weighted by Gasteiger charge is 2.33. The first-order valence-electron chi connectivity index (χ1n) is 10.5. The Bertz CT molecular complexity index is 937. The Kier molecular flexibility index (Phi) is 6.72. The quantitative estimate of drug-likeness (QED) is 0.687. The normalized spacial score (nSPS) is 20.0. The fraction of sp³-hybridized carbons (Fsp3) is 0.455. The first kappa shape index (κ1) is 21.6. The largest absolute Gasteiger partial charge is 0.442 e. The molecule has 3 heterocycles. The highest BCUT2D eigenvalue weighted by Crippen LogP contribution is 2.33. The molecule has 0 spiro atoms. The van der Waals surface area contributed by atoms with Crippen LogP contribution in [0.25, 0.3) is 0 Å². The van der Waals surface area contributed by atoms with Crippen molar-refractivity contribution >= 4 is 29.0 Å². The number of hydrogen-bond donors (Lipinski definition) is 1. The predicted octanol–water partition coefficient (Wildman–Crippen LogP) is 3.26. The van der Waals surface area contributed by atoms with E-state index in [0.29, 0.717) is 29.3 Å². The Labute approximate surface area is 186 Å². The fourth-order valence-corrected chi connectivity index (χ4v) is 4.24. The van der Waals surface area contributed by atoms with E-state index in [2.05, 4.69) is 20.2 Å². The van der Waals surface area contributed by atoms with Gasteiger partial charge in [-0.1, -0.05) is 18.3 Å². The fourth-order valence-electron chi connectivity index (χ4n) is 4.15. The summed E-state index contributed by atoms with van der Waals surface area (Å²) >= 11 is 4.99. The van der Waals surface area contributed by atoms with Gasteiger partial charge >= 0.3 is 6.09 Å². The number of aromatic nitrogens is 2. The summed E-state index contributed by atoms with van der Waals surface area (Å²) in [6, 6.07) is 5.07. The molecule has 1 N–H and O–H groups in total. The van der Waals surface area contributed by atoms with Gasteiger partial charge in [0, 0.05) is 25.1 Å². The Hall–Kier alpha value is -2.65. The number of carbonyl (C=O) groups excluding carboxylic acids is 1. The lowest BCUT2D eigenvalue weighted by atomic mass is 9.89. The highest BCUT2D eigenvalue weighted by molar-refractivity contribution is 7.80. The molecular formula is C22H26FN5O2S. The summed E-state index contributed by atoms with van der Waals surface area (Å²) in [6.45, 7) is 5.12. The standard InChI is InChI=1S/C22H26FN5O2S/c1-15(31)26-12-19-14-28(22(29)30-19)18-2-3-20(21(23)10-18)16-4-8-27(9-5-16)13-17-11-24-6-7-25-17/h2-3,6-7,10-11,16,19H,4-5,8-9,12-14H2,1H3,(H,26,31)/t19-/m0/s1. The van der Waals surface area contributed by atoms with E-state index in [4.69, 9.17) is 17.0 Å². The van der Waals surface area contributed by atoms with Crippen molar-refractivity contribution in [3.63, 3.8) is 0 Å². The van der Waals surface area contributed by atoms with Crippen molar-refractivity contribution in [3.05, 3.63) is 53.9 Å². The van der Waals surface area contributed by atoms with Gasteiger partial charge in [0.15, 0.2) is 0 Å². The molecule has 1 amide bonds. The zero-order chi connectivity index (χ0) is 21.8. The second-order valence-electron chi connectivity index (χ2n) is 8.01. The minimum absolute atomic E-state index is 0.167. The lowest BCUT2D eigenvalue weighted by Gasteiger charge is -2.32. The first-order chi connectivity index (χ1) is 15.0. The van der Waals surface area contributed by atoms with Crippen molar-refractivity contribution in [3.8, 4) is 0 Å². The molecule has 164 valence electrons. The lowest BCUT2D eigenvalue weighted by Crippen LogP contribution is -2.33. The molecule has 1 atom stereocenters. The molecule has 0 unspecified atom stereocenters. The van der Waals surface area contributed by atoms with E-state index in [1.54, 1.807) is 25.5 Å². The molecule has 2 aliphatic heterocycles. The van der Waals surface area contributed by atoms with E-state index in [0.717, 1.165) is 38.2 Å². The van der Waals surface area contributed by atoms with Gasteiger partial charge in [0.2, 0.25) is 0 Å². The van der Waals surface area contributed by atoms with Crippen LogP contribution in [0.3, 0.4) is 0 Å². The van der Waals surface area contributed by atoms with Crippen LogP contribution < -0.4 is 10.2 Å². The van der Waals surface area contributed by atoms with Crippen LogP contribution in [0.15, 0.2) is 36.8 Å². The molecule has 2 fully saturated rings. The lowest BCUT2D eigenvalue weighted by molar-refractivity contribution is 0.143. The van der Waals surface area contributed by atoms with Crippen molar-refractivity contribution < 1.29 is 13.9 Å². The number of benzene rings is 1. The summed E-state index contributed by atoms with van der Waals surface area (Å²) in [7, 11) is 0.